The van der Waals surface area contributed by atoms with E-state index in [4.69, 9.17) is 14.1 Å². The van der Waals surface area contributed by atoms with E-state index in [1.54, 1.807) is 32.0 Å². The van der Waals surface area contributed by atoms with Gasteiger partial charge in [0.25, 0.3) is 5.56 Å². The second-order valence-corrected chi connectivity index (χ2v) is 6.82. The largest absolute Gasteiger partial charge is 0.495 e. The number of nitrogens with zero attached hydrogens (tertiary/aromatic N) is 3. The van der Waals surface area contributed by atoms with Gasteiger partial charge in [0, 0.05) is 29.2 Å². The lowest BCUT2D eigenvalue weighted by Gasteiger charge is -2.12. The number of aromatic nitrogens is 4. The van der Waals surface area contributed by atoms with Crippen LogP contribution in [0.15, 0.2) is 82.9 Å². The Labute approximate surface area is 176 Å². The standard InChI is InChI=1S/C23H17N5O3/c1-30-18-8-16(10-24-11-18)19-9-15-6-7-25-23(29)21(15)22(28-19)27-17-4-2-14(3-5-17)20-12-31-13-26-20/h2-13H,1H3,(H,25,29)(H,27,28). The summed E-state index contributed by atoms with van der Waals surface area (Å²) in [5.41, 5.74) is 3.69. The molecule has 0 atom stereocenters. The zero-order valence-corrected chi connectivity index (χ0v) is 16.5. The normalized spacial score (nSPS) is 10.9. The van der Waals surface area contributed by atoms with Crippen molar-refractivity contribution in [2.75, 3.05) is 12.4 Å². The van der Waals surface area contributed by atoms with E-state index >= 15 is 0 Å². The van der Waals surface area contributed by atoms with E-state index in [9.17, 15) is 4.79 Å². The van der Waals surface area contributed by atoms with Gasteiger partial charge in [-0.3, -0.25) is 9.78 Å². The fraction of sp³-hybridized carbons (Fsp3) is 0.0435. The predicted molar refractivity (Wildman–Crippen MR) is 117 cm³/mol. The van der Waals surface area contributed by atoms with Gasteiger partial charge in [-0.25, -0.2) is 9.97 Å². The van der Waals surface area contributed by atoms with Gasteiger partial charge in [-0.05, 0) is 35.7 Å². The third-order valence-electron chi connectivity index (χ3n) is 4.87. The summed E-state index contributed by atoms with van der Waals surface area (Å²) in [5.74, 6) is 1.08. The maximum Gasteiger partial charge on any atom is 0.259 e. The van der Waals surface area contributed by atoms with E-state index < -0.39 is 0 Å². The molecule has 0 saturated heterocycles. The number of anilines is 2. The van der Waals surface area contributed by atoms with Gasteiger partial charge in [0.05, 0.1) is 24.4 Å². The summed E-state index contributed by atoms with van der Waals surface area (Å²) in [6, 6.07) is 13.2. The van der Waals surface area contributed by atoms with Crippen molar-refractivity contribution in [2.45, 2.75) is 0 Å². The summed E-state index contributed by atoms with van der Waals surface area (Å²) in [5, 5.41) is 4.51. The summed E-state index contributed by atoms with van der Waals surface area (Å²) < 4.78 is 10.3. The van der Waals surface area contributed by atoms with Crippen molar-refractivity contribution in [3.8, 4) is 28.3 Å². The molecule has 0 unspecified atom stereocenters. The maximum absolute atomic E-state index is 12.6. The Bertz CT molecular complexity index is 1410. The lowest BCUT2D eigenvalue weighted by Crippen LogP contribution is -2.09. The van der Waals surface area contributed by atoms with Gasteiger partial charge in [0.2, 0.25) is 0 Å². The van der Waals surface area contributed by atoms with Crippen molar-refractivity contribution >= 4 is 22.3 Å². The quantitative estimate of drug-likeness (QED) is 0.442. The number of pyridine rings is 3. The van der Waals surface area contributed by atoms with Crippen molar-refractivity contribution in [3.63, 3.8) is 0 Å². The Morgan fingerprint density at radius 2 is 1.90 bits per heavy atom. The molecule has 0 spiro atoms. The summed E-state index contributed by atoms with van der Waals surface area (Å²) in [6.45, 7) is 0. The highest BCUT2D eigenvalue weighted by atomic mass is 16.5. The number of H-pyrrole nitrogens is 1. The average molecular weight is 411 g/mol. The van der Waals surface area contributed by atoms with E-state index in [-0.39, 0.29) is 5.56 Å². The molecule has 4 heterocycles. The number of nitrogens with one attached hydrogen (secondary N) is 2. The van der Waals surface area contributed by atoms with Crippen LogP contribution in [-0.2, 0) is 0 Å². The van der Waals surface area contributed by atoms with E-state index in [2.05, 4.69) is 20.3 Å². The first-order valence-corrected chi connectivity index (χ1v) is 9.49. The van der Waals surface area contributed by atoms with Crippen molar-refractivity contribution in [3.05, 3.63) is 84.1 Å². The molecule has 0 aliphatic rings. The minimum atomic E-state index is -0.220. The fourth-order valence-corrected chi connectivity index (χ4v) is 3.34. The Hall–Kier alpha value is -4.46. The van der Waals surface area contributed by atoms with Crippen molar-refractivity contribution in [1.29, 1.82) is 0 Å². The molecule has 5 aromatic rings. The van der Waals surface area contributed by atoms with E-state index in [0.29, 0.717) is 22.6 Å². The number of benzene rings is 1. The van der Waals surface area contributed by atoms with Crippen LogP contribution in [-0.4, -0.2) is 27.0 Å². The lowest BCUT2D eigenvalue weighted by atomic mass is 10.1. The summed E-state index contributed by atoms with van der Waals surface area (Å²) in [4.78, 5) is 28.4. The Morgan fingerprint density at radius 3 is 2.68 bits per heavy atom. The molecule has 0 aliphatic carbocycles. The number of fused-ring (bicyclic) bond motifs is 1. The number of ether oxygens (including phenoxy) is 1. The molecular weight excluding hydrogens is 394 g/mol. The molecule has 1 aromatic carbocycles. The van der Waals surface area contributed by atoms with Crippen molar-refractivity contribution in [1.82, 2.24) is 19.9 Å². The van der Waals surface area contributed by atoms with Gasteiger partial charge >= 0.3 is 0 Å². The lowest BCUT2D eigenvalue weighted by molar-refractivity contribution is 0.413. The molecule has 0 fully saturated rings. The van der Waals surface area contributed by atoms with Crippen LogP contribution in [0.2, 0.25) is 0 Å². The first-order valence-electron chi connectivity index (χ1n) is 9.49. The van der Waals surface area contributed by atoms with Crippen LogP contribution in [0.5, 0.6) is 5.75 Å². The molecule has 0 amide bonds. The maximum atomic E-state index is 12.6. The molecular formula is C23H17N5O3. The second kappa shape index (κ2) is 7.75. The molecule has 0 saturated carbocycles. The van der Waals surface area contributed by atoms with Crippen LogP contribution < -0.4 is 15.6 Å². The zero-order chi connectivity index (χ0) is 21.2. The van der Waals surface area contributed by atoms with Crippen LogP contribution in [0, 0.1) is 0 Å². The predicted octanol–water partition coefficient (Wildman–Crippen LogP) is 4.39. The zero-order valence-electron chi connectivity index (χ0n) is 16.5. The average Bonchev–Trinajstić information content (AvgIpc) is 3.34. The summed E-state index contributed by atoms with van der Waals surface area (Å²) >= 11 is 0. The molecule has 152 valence electrons. The molecule has 31 heavy (non-hydrogen) atoms. The second-order valence-electron chi connectivity index (χ2n) is 6.82. The Morgan fingerprint density at radius 1 is 1.03 bits per heavy atom. The van der Waals surface area contributed by atoms with Crippen molar-refractivity contribution in [2.24, 2.45) is 0 Å². The van der Waals surface area contributed by atoms with E-state index in [1.165, 1.54) is 6.39 Å². The fourth-order valence-electron chi connectivity index (χ4n) is 3.34. The highest BCUT2D eigenvalue weighted by molar-refractivity contribution is 5.95. The molecule has 2 N–H and O–H groups in total. The minimum Gasteiger partial charge on any atom is -0.495 e. The van der Waals surface area contributed by atoms with E-state index in [0.717, 1.165) is 27.9 Å². The molecule has 8 nitrogen and oxygen atoms in total. The third kappa shape index (κ3) is 3.62. The van der Waals surface area contributed by atoms with Gasteiger partial charge < -0.3 is 19.5 Å². The highest BCUT2D eigenvalue weighted by Crippen LogP contribution is 2.29. The number of hydrogen-bond acceptors (Lipinski definition) is 7. The molecule has 0 radical (unpaired) electrons. The number of oxazole rings is 1. The highest BCUT2D eigenvalue weighted by Gasteiger charge is 2.12. The van der Waals surface area contributed by atoms with E-state index in [1.807, 2.05) is 42.5 Å². The summed E-state index contributed by atoms with van der Waals surface area (Å²) in [7, 11) is 1.59. The van der Waals surface area contributed by atoms with Crippen molar-refractivity contribution < 1.29 is 9.15 Å². The Kier molecular flexibility index (Phi) is 4.64. The number of hydrogen-bond donors (Lipinski definition) is 2. The van der Waals surface area contributed by atoms with Crippen LogP contribution in [0.1, 0.15) is 0 Å². The van der Waals surface area contributed by atoms with Gasteiger partial charge in [-0.2, -0.15) is 0 Å². The number of rotatable bonds is 5. The topological polar surface area (TPSA) is 106 Å². The van der Waals surface area contributed by atoms with Gasteiger partial charge in [-0.1, -0.05) is 12.1 Å². The van der Waals surface area contributed by atoms with Crippen LogP contribution in [0.3, 0.4) is 0 Å². The van der Waals surface area contributed by atoms with Gasteiger partial charge in [0.1, 0.15) is 23.5 Å². The number of methoxy groups -OCH3 is 1. The van der Waals surface area contributed by atoms with Crippen LogP contribution >= 0.6 is 0 Å². The monoisotopic (exact) mass is 411 g/mol. The van der Waals surface area contributed by atoms with Crippen LogP contribution in [0.4, 0.5) is 11.5 Å². The molecule has 4 aromatic heterocycles. The molecule has 0 aliphatic heterocycles. The molecule has 0 bridgehead atoms. The molecule has 5 rings (SSSR count). The first-order chi connectivity index (χ1) is 15.2. The molecule has 8 heteroatoms. The smallest absolute Gasteiger partial charge is 0.259 e. The van der Waals surface area contributed by atoms with Crippen LogP contribution in [0.25, 0.3) is 33.3 Å². The van der Waals surface area contributed by atoms with Gasteiger partial charge in [-0.15, -0.1) is 0 Å². The van der Waals surface area contributed by atoms with Gasteiger partial charge in [0.15, 0.2) is 6.39 Å². The SMILES string of the molecule is COc1cncc(-c2cc3cc[nH]c(=O)c3c(Nc3ccc(-c4cocn4)cc3)n2)c1. The summed E-state index contributed by atoms with van der Waals surface area (Å²) in [6.07, 6.45) is 7.94. The number of aromatic amines is 1. The minimum absolute atomic E-state index is 0.220. The Balaban J connectivity index is 1.59. The third-order valence-corrected chi connectivity index (χ3v) is 4.87. The first kappa shape index (κ1) is 18.6.